The molecular weight excluding hydrogens is 96.1 g/mol. The Morgan fingerprint density at radius 3 is 2.38 bits per heavy atom. The zero-order valence-corrected chi connectivity index (χ0v) is 5.61. The van der Waals surface area contributed by atoms with Gasteiger partial charge in [-0.25, -0.2) is 0 Å². The lowest BCUT2D eigenvalue weighted by atomic mass is 9.79. The summed E-state index contributed by atoms with van der Waals surface area (Å²) in [6, 6.07) is 0. The van der Waals surface area contributed by atoms with Gasteiger partial charge < -0.3 is 0 Å². The molecule has 1 aliphatic rings. The quantitative estimate of drug-likeness (QED) is 0.479. The Morgan fingerprint density at radius 1 is 1.62 bits per heavy atom. The van der Waals surface area contributed by atoms with E-state index in [-0.39, 0.29) is 0 Å². The first kappa shape index (κ1) is 5.87. The Morgan fingerprint density at radius 2 is 2.25 bits per heavy atom. The van der Waals surface area contributed by atoms with Crippen molar-refractivity contribution in [1.82, 2.24) is 0 Å². The van der Waals surface area contributed by atoms with Crippen LogP contribution in [0.25, 0.3) is 0 Å². The van der Waals surface area contributed by atoms with E-state index in [9.17, 15) is 0 Å². The largest absolute Gasteiger partial charge is 0.0996 e. The summed E-state index contributed by atoms with van der Waals surface area (Å²) in [6.07, 6.45) is 5.44. The normalized spacial score (nSPS) is 20.1. The third-order valence-electron chi connectivity index (χ3n) is 2.14. The van der Waals surface area contributed by atoms with Gasteiger partial charge in [0.15, 0.2) is 0 Å². The molecule has 0 aliphatic heterocycles. The predicted molar refractivity (Wildman–Crippen MR) is 36.8 cm³/mol. The average molecular weight is 110 g/mol. The third kappa shape index (κ3) is 0.936. The van der Waals surface area contributed by atoms with Crippen molar-refractivity contribution in [1.29, 1.82) is 0 Å². The third-order valence-corrected chi connectivity index (χ3v) is 2.14. The summed E-state index contributed by atoms with van der Waals surface area (Å²) in [5.41, 5.74) is 1.47. The van der Waals surface area contributed by atoms with Crippen molar-refractivity contribution in [3.8, 4) is 0 Å². The first-order valence-electron chi connectivity index (χ1n) is 3.52. The van der Waals surface area contributed by atoms with E-state index < -0.39 is 0 Å². The minimum atomic E-state index is 0.903. The minimum Gasteiger partial charge on any atom is -0.0996 e. The molecule has 0 bridgehead atoms. The van der Waals surface area contributed by atoms with Crippen LogP contribution >= 0.6 is 0 Å². The van der Waals surface area contributed by atoms with Gasteiger partial charge >= 0.3 is 0 Å². The molecule has 0 unspecified atom stereocenters. The van der Waals surface area contributed by atoms with E-state index in [1.165, 1.54) is 31.3 Å². The van der Waals surface area contributed by atoms with Gasteiger partial charge in [-0.15, -0.1) is 0 Å². The topological polar surface area (TPSA) is 0 Å². The lowest BCUT2D eigenvalue weighted by Crippen LogP contribution is -2.12. The summed E-state index contributed by atoms with van der Waals surface area (Å²) in [6.45, 7) is 6.19. The molecule has 46 valence electrons. The van der Waals surface area contributed by atoms with Gasteiger partial charge in [0, 0.05) is 0 Å². The van der Waals surface area contributed by atoms with Crippen molar-refractivity contribution >= 4 is 0 Å². The predicted octanol–water partition coefficient (Wildman–Crippen LogP) is 2.75. The Kier molecular flexibility index (Phi) is 1.72. The maximum Gasteiger partial charge on any atom is -0.0206 e. The average Bonchev–Trinajstić information content (AvgIpc) is 1.62. The summed E-state index contributed by atoms with van der Waals surface area (Å²) in [7, 11) is 0. The van der Waals surface area contributed by atoms with Crippen LogP contribution in [0, 0.1) is 5.92 Å². The first-order valence-corrected chi connectivity index (χ1v) is 3.52. The fourth-order valence-electron chi connectivity index (χ4n) is 1.11. The second-order valence-corrected chi connectivity index (χ2v) is 2.64. The fourth-order valence-corrected chi connectivity index (χ4v) is 1.11. The summed E-state index contributed by atoms with van der Waals surface area (Å²) in [4.78, 5) is 0. The second kappa shape index (κ2) is 2.34. The number of hydrogen-bond acceptors (Lipinski definition) is 0. The van der Waals surface area contributed by atoms with Gasteiger partial charge in [-0.05, 0) is 25.2 Å². The lowest BCUT2D eigenvalue weighted by Gasteiger charge is -2.26. The van der Waals surface area contributed by atoms with E-state index in [2.05, 4.69) is 13.5 Å². The van der Waals surface area contributed by atoms with Crippen LogP contribution in [0.5, 0.6) is 0 Å². The van der Waals surface area contributed by atoms with Gasteiger partial charge in [-0.1, -0.05) is 25.5 Å². The van der Waals surface area contributed by atoms with E-state index >= 15 is 0 Å². The molecule has 0 amide bonds. The summed E-state index contributed by atoms with van der Waals surface area (Å²) in [5, 5.41) is 0. The van der Waals surface area contributed by atoms with Crippen LogP contribution in [0.1, 0.15) is 32.6 Å². The Balaban J connectivity index is 2.24. The number of allylic oxidation sites excluding steroid dienone is 1. The summed E-state index contributed by atoms with van der Waals surface area (Å²) in [5.74, 6) is 0.903. The van der Waals surface area contributed by atoms with Gasteiger partial charge in [-0.2, -0.15) is 0 Å². The van der Waals surface area contributed by atoms with Crippen LogP contribution in [0.3, 0.4) is 0 Å². The molecule has 0 nitrogen and oxygen atoms in total. The monoisotopic (exact) mass is 110 g/mol. The molecule has 1 saturated carbocycles. The number of rotatable bonds is 2. The Hall–Kier alpha value is -0.260. The van der Waals surface area contributed by atoms with E-state index in [4.69, 9.17) is 0 Å². The SMILES string of the molecule is C=C(CC)C1CCC1. The molecule has 0 aromatic heterocycles. The molecule has 1 rings (SSSR count). The molecule has 0 saturated heterocycles. The molecule has 0 heterocycles. The lowest BCUT2D eigenvalue weighted by molar-refractivity contribution is 0.362. The molecule has 0 spiro atoms. The number of hydrogen-bond donors (Lipinski definition) is 0. The van der Waals surface area contributed by atoms with Crippen LogP contribution in [0.15, 0.2) is 12.2 Å². The molecule has 1 aliphatic carbocycles. The van der Waals surface area contributed by atoms with Gasteiger partial charge in [-0.3, -0.25) is 0 Å². The molecule has 0 radical (unpaired) electrons. The molecule has 0 aromatic rings. The van der Waals surface area contributed by atoms with E-state index in [1.54, 1.807) is 0 Å². The van der Waals surface area contributed by atoms with Crippen LogP contribution in [-0.2, 0) is 0 Å². The first-order chi connectivity index (χ1) is 3.84. The Bertz CT molecular complexity index is 88.2. The van der Waals surface area contributed by atoms with Gasteiger partial charge in [0.2, 0.25) is 0 Å². The maximum atomic E-state index is 4.00. The van der Waals surface area contributed by atoms with E-state index in [1.807, 2.05) is 0 Å². The van der Waals surface area contributed by atoms with Crippen molar-refractivity contribution in [3.63, 3.8) is 0 Å². The van der Waals surface area contributed by atoms with E-state index in [0.29, 0.717) is 0 Å². The smallest absolute Gasteiger partial charge is 0.0206 e. The Labute approximate surface area is 51.6 Å². The highest BCUT2D eigenvalue weighted by molar-refractivity contribution is 5.02. The zero-order valence-electron chi connectivity index (χ0n) is 5.61. The summed E-state index contributed by atoms with van der Waals surface area (Å²) >= 11 is 0. The molecule has 0 heteroatoms. The molecule has 0 aromatic carbocycles. The molecule has 1 fully saturated rings. The zero-order chi connectivity index (χ0) is 5.98. The second-order valence-electron chi connectivity index (χ2n) is 2.64. The van der Waals surface area contributed by atoms with Crippen molar-refractivity contribution < 1.29 is 0 Å². The van der Waals surface area contributed by atoms with E-state index in [0.717, 1.165) is 5.92 Å². The van der Waals surface area contributed by atoms with Crippen LogP contribution in [0.2, 0.25) is 0 Å². The summed E-state index contributed by atoms with van der Waals surface area (Å²) < 4.78 is 0. The van der Waals surface area contributed by atoms with Gasteiger partial charge in [0.1, 0.15) is 0 Å². The molecule has 0 N–H and O–H groups in total. The molecule has 8 heavy (non-hydrogen) atoms. The molecule has 0 atom stereocenters. The van der Waals surface area contributed by atoms with Crippen molar-refractivity contribution in [2.24, 2.45) is 5.92 Å². The van der Waals surface area contributed by atoms with Crippen LogP contribution in [0.4, 0.5) is 0 Å². The maximum absolute atomic E-state index is 4.00. The fraction of sp³-hybridized carbons (Fsp3) is 0.750. The van der Waals surface area contributed by atoms with Crippen molar-refractivity contribution in [2.45, 2.75) is 32.6 Å². The van der Waals surface area contributed by atoms with Crippen LogP contribution < -0.4 is 0 Å². The highest BCUT2D eigenvalue weighted by atomic mass is 14.2. The molecular formula is C8H14. The van der Waals surface area contributed by atoms with Gasteiger partial charge in [0.05, 0.1) is 0 Å². The van der Waals surface area contributed by atoms with Crippen LogP contribution in [-0.4, -0.2) is 0 Å². The highest BCUT2D eigenvalue weighted by Gasteiger charge is 2.18. The van der Waals surface area contributed by atoms with Crippen molar-refractivity contribution in [2.75, 3.05) is 0 Å². The highest BCUT2D eigenvalue weighted by Crippen LogP contribution is 2.33. The van der Waals surface area contributed by atoms with Gasteiger partial charge in [0.25, 0.3) is 0 Å². The minimum absolute atomic E-state index is 0.903. The van der Waals surface area contributed by atoms with Crippen molar-refractivity contribution in [3.05, 3.63) is 12.2 Å². The standard InChI is InChI=1S/C8H14/c1-3-7(2)8-5-4-6-8/h8H,2-6H2,1H3.